The van der Waals surface area contributed by atoms with Gasteiger partial charge in [0.15, 0.2) is 0 Å². The average Bonchev–Trinajstić information content (AvgIpc) is 2.89. The summed E-state index contributed by atoms with van der Waals surface area (Å²) < 4.78 is 64.3. The van der Waals surface area contributed by atoms with E-state index in [-0.39, 0.29) is 17.1 Å². The Kier molecular flexibility index (Phi) is 5.09. The Morgan fingerprint density at radius 3 is 2.46 bits per heavy atom. The van der Waals surface area contributed by atoms with E-state index in [1.165, 1.54) is 6.07 Å². The molecule has 2 aromatic rings. The lowest BCUT2D eigenvalue weighted by atomic mass is 10.00. The van der Waals surface area contributed by atoms with Gasteiger partial charge in [-0.3, -0.25) is 9.52 Å². The molecule has 1 amide bonds. The molecule has 0 spiro atoms. The van der Waals surface area contributed by atoms with Gasteiger partial charge < -0.3 is 4.90 Å². The Hall–Kier alpha value is -2.26. The minimum absolute atomic E-state index is 0.0517. The van der Waals surface area contributed by atoms with Gasteiger partial charge >= 0.3 is 6.18 Å². The third-order valence-electron chi connectivity index (χ3n) is 4.43. The monoisotopic (exact) mass is 432 g/mol. The summed E-state index contributed by atoms with van der Waals surface area (Å²) in [6.45, 7) is 0.725. The molecule has 5 nitrogen and oxygen atoms in total. The summed E-state index contributed by atoms with van der Waals surface area (Å²) >= 11 is 6.21. The van der Waals surface area contributed by atoms with Crippen LogP contribution in [-0.2, 0) is 16.6 Å². The molecule has 10 heteroatoms. The van der Waals surface area contributed by atoms with Crippen LogP contribution in [0.25, 0.3) is 11.1 Å². The molecule has 0 radical (unpaired) electrons. The second-order valence-electron chi connectivity index (χ2n) is 6.60. The number of hydrogen-bond acceptors (Lipinski definition) is 3. The third kappa shape index (κ3) is 4.10. The molecule has 0 saturated carbocycles. The van der Waals surface area contributed by atoms with Crippen LogP contribution in [0, 0.1) is 0 Å². The van der Waals surface area contributed by atoms with Gasteiger partial charge in [0.05, 0.1) is 16.8 Å². The van der Waals surface area contributed by atoms with Gasteiger partial charge in [-0.15, -0.1) is 0 Å². The number of nitrogens with one attached hydrogen (secondary N) is 1. The molecule has 0 saturated heterocycles. The van der Waals surface area contributed by atoms with E-state index in [0.29, 0.717) is 22.4 Å². The summed E-state index contributed by atoms with van der Waals surface area (Å²) in [5.41, 5.74) is 1.96. The fourth-order valence-corrected chi connectivity index (χ4v) is 3.93. The minimum atomic E-state index is -4.54. The first-order chi connectivity index (χ1) is 12.9. The number of rotatable bonds is 4. The Morgan fingerprint density at radius 2 is 1.86 bits per heavy atom. The number of nitrogens with zero attached hydrogens (tertiary/aromatic N) is 1. The molecule has 2 aromatic carbocycles. The van der Waals surface area contributed by atoms with Crippen LogP contribution >= 0.6 is 11.6 Å². The second-order valence-corrected chi connectivity index (χ2v) is 8.75. The van der Waals surface area contributed by atoms with Crippen LogP contribution in [0.2, 0.25) is 5.02 Å². The molecule has 0 aliphatic carbocycles. The van der Waals surface area contributed by atoms with Crippen LogP contribution in [0.15, 0.2) is 36.4 Å². The number of halogens is 4. The highest BCUT2D eigenvalue weighted by atomic mass is 35.5. The number of carbonyl (C=O) groups is 1. The molecule has 1 heterocycles. The van der Waals surface area contributed by atoms with Crippen molar-refractivity contribution in [2.75, 3.05) is 11.0 Å². The molecular weight excluding hydrogens is 417 g/mol. The smallest absolute Gasteiger partial charge is 0.322 e. The van der Waals surface area contributed by atoms with E-state index in [4.69, 9.17) is 11.6 Å². The van der Waals surface area contributed by atoms with E-state index in [9.17, 15) is 26.4 Å². The van der Waals surface area contributed by atoms with Crippen molar-refractivity contribution in [3.8, 4) is 11.1 Å². The standard InChI is InChI=1S/C18H16ClF3N2O3S/c1-10(18(20,21)22)24-9-13-6-12(8-15(19)16(13)17(24)25)11-4-3-5-14(7-11)23-28(2,26)27/h3-8,10,23H,9H2,1-2H3. The highest BCUT2D eigenvalue weighted by Gasteiger charge is 2.45. The summed E-state index contributed by atoms with van der Waals surface area (Å²) in [5, 5.41) is 0.0517. The quantitative estimate of drug-likeness (QED) is 0.784. The first-order valence-electron chi connectivity index (χ1n) is 8.15. The van der Waals surface area contributed by atoms with Gasteiger partial charge in [0.1, 0.15) is 6.04 Å². The number of amides is 1. The first kappa shape index (κ1) is 20.5. The normalized spacial score (nSPS) is 15.5. The van der Waals surface area contributed by atoms with Crippen LogP contribution in [-0.4, -0.2) is 37.7 Å². The Labute approximate surface area is 165 Å². The maximum atomic E-state index is 13.0. The predicted octanol–water partition coefficient (Wildman–Crippen LogP) is 4.29. The lowest BCUT2D eigenvalue weighted by molar-refractivity contribution is -0.172. The van der Waals surface area contributed by atoms with Crippen molar-refractivity contribution < 1.29 is 26.4 Å². The maximum absolute atomic E-state index is 13.0. The van der Waals surface area contributed by atoms with Gasteiger partial charge in [-0.25, -0.2) is 8.42 Å². The van der Waals surface area contributed by atoms with E-state index in [1.54, 1.807) is 30.3 Å². The van der Waals surface area contributed by atoms with E-state index < -0.39 is 28.1 Å². The van der Waals surface area contributed by atoms with Crippen molar-refractivity contribution in [3.05, 3.63) is 52.5 Å². The lowest BCUT2D eigenvalue weighted by Gasteiger charge is -2.26. The third-order valence-corrected chi connectivity index (χ3v) is 5.33. The Bertz CT molecular complexity index is 1050. The summed E-state index contributed by atoms with van der Waals surface area (Å²) in [4.78, 5) is 13.2. The first-order valence-corrected chi connectivity index (χ1v) is 10.4. The Balaban J connectivity index is 1.99. The van der Waals surface area contributed by atoms with Gasteiger partial charge in [0.25, 0.3) is 5.91 Å². The molecule has 1 aliphatic rings. The largest absolute Gasteiger partial charge is 0.408 e. The summed E-state index contributed by atoms with van der Waals surface area (Å²) in [5.74, 6) is -0.760. The van der Waals surface area contributed by atoms with E-state index in [2.05, 4.69) is 4.72 Å². The topological polar surface area (TPSA) is 66.5 Å². The SMILES string of the molecule is CC(N1Cc2cc(-c3cccc(NS(C)(=O)=O)c3)cc(Cl)c2C1=O)C(F)(F)F. The molecule has 3 rings (SSSR count). The fraction of sp³-hybridized carbons (Fsp3) is 0.278. The van der Waals surface area contributed by atoms with Crippen molar-refractivity contribution >= 4 is 33.2 Å². The zero-order valence-corrected chi connectivity index (χ0v) is 16.4. The summed E-state index contributed by atoms with van der Waals surface area (Å²) in [6.07, 6.45) is -3.52. The van der Waals surface area contributed by atoms with Crippen LogP contribution in [0.3, 0.4) is 0 Å². The molecule has 0 bridgehead atoms. The minimum Gasteiger partial charge on any atom is -0.322 e. The van der Waals surface area contributed by atoms with Crippen LogP contribution in [0.5, 0.6) is 0 Å². The summed E-state index contributed by atoms with van der Waals surface area (Å²) in [7, 11) is -3.47. The number of sulfonamides is 1. The predicted molar refractivity (Wildman–Crippen MR) is 101 cm³/mol. The van der Waals surface area contributed by atoms with Crippen LogP contribution in [0.1, 0.15) is 22.8 Å². The fourth-order valence-electron chi connectivity index (χ4n) is 3.06. The second kappa shape index (κ2) is 6.97. The molecule has 0 aromatic heterocycles. The van der Waals surface area contributed by atoms with Crippen LogP contribution < -0.4 is 4.72 Å². The molecule has 1 unspecified atom stereocenters. The molecule has 1 atom stereocenters. The van der Waals surface area contributed by atoms with Gasteiger partial charge in [-0.1, -0.05) is 23.7 Å². The van der Waals surface area contributed by atoms with Crippen molar-refractivity contribution in [2.45, 2.75) is 25.7 Å². The van der Waals surface area contributed by atoms with Crippen LogP contribution in [0.4, 0.5) is 18.9 Å². The van der Waals surface area contributed by atoms with Gasteiger partial charge in [0, 0.05) is 12.2 Å². The maximum Gasteiger partial charge on any atom is 0.408 e. The number of benzene rings is 2. The molecular formula is C18H16ClF3N2O3S. The highest BCUT2D eigenvalue weighted by molar-refractivity contribution is 7.92. The van der Waals surface area contributed by atoms with Crippen molar-refractivity contribution in [3.63, 3.8) is 0 Å². The van der Waals surface area contributed by atoms with Crippen molar-refractivity contribution in [1.29, 1.82) is 0 Å². The van der Waals surface area contributed by atoms with Gasteiger partial charge in [-0.2, -0.15) is 13.2 Å². The number of carbonyl (C=O) groups excluding carboxylic acids is 1. The number of anilines is 1. The number of alkyl halides is 3. The van der Waals surface area contributed by atoms with Gasteiger partial charge in [0.2, 0.25) is 10.0 Å². The number of hydrogen-bond donors (Lipinski definition) is 1. The lowest BCUT2D eigenvalue weighted by Crippen LogP contribution is -2.43. The molecule has 150 valence electrons. The molecule has 0 fully saturated rings. The number of fused-ring (bicyclic) bond motifs is 1. The Morgan fingerprint density at radius 1 is 1.18 bits per heavy atom. The average molecular weight is 433 g/mol. The van der Waals surface area contributed by atoms with E-state index in [1.807, 2.05) is 0 Å². The highest BCUT2D eigenvalue weighted by Crippen LogP contribution is 2.38. The zero-order valence-electron chi connectivity index (χ0n) is 14.8. The molecule has 1 N–H and O–H groups in total. The molecule has 28 heavy (non-hydrogen) atoms. The summed E-state index contributed by atoms with van der Waals surface area (Å²) in [6, 6.07) is 7.63. The van der Waals surface area contributed by atoms with Gasteiger partial charge in [-0.05, 0) is 47.9 Å². The molecule has 1 aliphatic heterocycles. The van der Waals surface area contributed by atoms with E-state index >= 15 is 0 Å². The van der Waals surface area contributed by atoms with Crippen molar-refractivity contribution in [2.24, 2.45) is 0 Å². The van der Waals surface area contributed by atoms with Crippen molar-refractivity contribution in [1.82, 2.24) is 4.90 Å². The zero-order chi connectivity index (χ0) is 20.9. The van der Waals surface area contributed by atoms with E-state index in [0.717, 1.165) is 18.1 Å².